The molecule has 0 saturated carbocycles. The summed E-state index contributed by atoms with van der Waals surface area (Å²) in [6.45, 7) is 6.44. The van der Waals surface area contributed by atoms with Gasteiger partial charge >= 0.3 is 0 Å². The van der Waals surface area contributed by atoms with E-state index in [2.05, 4.69) is 46.8 Å². The van der Waals surface area contributed by atoms with Gasteiger partial charge in [0.05, 0.1) is 15.9 Å². The van der Waals surface area contributed by atoms with Gasteiger partial charge in [-0.05, 0) is 53.9 Å². The molecule has 1 aliphatic heterocycles. The van der Waals surface area contributed by atoms with Gasteiger partial charge in [-0.2, -0.15) is 0 Å². The minimum absolute atomic E-state index is 0.122. The monoisotopic (exact) mass is 346 g/mol. The van der Waals surface area contributed by atoms with E-state index in [1.807, 2.05) is 7.11 Å². The van der Waals surface area contributed by atoms with Crippen LogP contribution in [0, 0.1) is 5.92 Å². The second-order valence-corrected chi connectivity index (χ2v) is 7.98. The maximum absolute atomic E-state index is 6.24. The molecular weight excluding hydrogens is 324 g/mol. The highest BCUT2D eigenvalue weighted by molar-refractivity contribution is 9.11. The Labute approximate surface area is 128 Å². The van der Waals surface area contributed by atoms with Crippen molar-refractivity contribution in [2.24, 2.45) is 11.7 Å². The van der Waals surface area contributed by atoms with Gasteiger partial charge in [0.1, 0.15) is 0 Å². The Morgan fingerprint density at radius 2 is 2.26 bits per heavy atom. The number of hydrogen-bond donors (Lipinski definition) is 1. The van der Waals surface area contributed by atoms with Crippen LogP contribution in [0.15, 0.2) is 15.9 Å². The fraction of sp³-hybridized carbons (Fsp3) is 0.714. The molecule has 19 heavy (non-hydrogen) atoms. The molecule has 1 saturated heterocycles. The number of likely N-dealkylation sites (tertiary alicyclic amines) is 1. The summed E-state index contributed by atoms with van der Waals surface area (Å²) in [7, 11) is 1.81. The van der Waals surface area contributed by atoms with Crippen molar-refractivity contribution in [2.45, 2.75) is 38.5 Å². The number of rotatable bonds is 4. The summed E-state index contributed by atoms with van der Waals surface area (Å²) in [6, 6.07) is 4.70. The van der Waals surface area contributed by atoms with Crippen molar-refractivity contribution < 1.29 is 4.74 Å². The number of hydrogen-bond acceptors (Lipinski definition) is 4. The molecule has 0 aliphatic carbocycles. The maximum atomic E-state index is 6.24. The van der Waals surface area contributed by atoms with E-state index in [1.54, 1.807) is 11.3 Å². The standard InChI is InChI=1S/C14H23BrN2OS/c1-9-6-7-17(8-11(9)18-3)14(10(2)16)12-4-5-13(15)19-12/h4-5,9-11,14H,6-8,16H2,1-3H3. The van der Waals surface area contributed by atoms with Gasteiger partial charge in [-0.3, -0.25) is 4.90 Å². The lowest BCUT2D eigenvalue weighted by Gasteiger charge is -2.41. The van der Waals surface area contributed by atoms with Gasteiger partial charge in [-0.1, -0.05) is 6.92 Å². The lowest BCUT2D eigenvalue weighted by Crippen LogP contribution is -2.49. The molecule has 4 atom stereocenters. The quantitative estimate of drug-likeness (QED) is 0.909. The molecule has 4 unspecified atom stereocenters. The van der Waals surface area contributed by atoms with Crippen LogP contribution >= 0.6 is 27.3 Å². The second kappa shape index (κ2) is 6.68. The fourth-order valence-electron chi connectivity index (χ4n) is 2.88. The molecule has 5 heteroatoms. The molecular formula is C14H23BrN2OS. The average Bonchev–Trinajstić information content (AvgIpc) is 2.77. The molecule has 1 aromatic rings. The smallest absolute Gasteiger partial charge is 0.0724 e. The summed E-state index contributed by atoms with van der Waals surface area (Å²) in [4.78, 5) is 3.82. The van der Waals surface area contributed by atoms with Crippen molar-refractivity contribution in [3.05, 3.63) is 20.8 Å². The van der Waals surface area contributed by atoms with Gasteiger partial charge in [-0.25, -0.2) is 0 Å². The Morgan fingerprint density at radius 1 is 1.53 bits per heavy atom. The highest BCUT2D eigenvalue weighted by Gasteiger charge is 2.33. The van der Waals surface area contributed by atoms with Crippen LogP contribution < -0.4 is 5.73 Å². The number of halogens is 1. The van der Waals surface area contributed by atoms with E-state index in [0.717, 1.165) is 13.1 Å². The molecule has 0 bridgehead atoms. The molecule has 0 aromatic carbocycles. The van der Waals surface area contributed by atoms with Crippen LogP contribution in [0.5, 0.6) is 0 Å². The lowest BCUT2D eigenvalue weighted by molar-refractivity contribution is -0.0218. The van der Waals surface area contributed by atoms with Crippen molar-refractivity contribution in [2.75, 3.05) is 20.2 Å². The van der Waals surface area contributed by atoms with Crippen LogP contribution in [0.1, 0.15) is 31.2 Å². The van der Waals surface area contributed by atoms with Gasteiger partial charge in [0.2, 0.25) is 0 Å². The van der Waals surface area contributed by atoms with Gasteiger partial charge in [-0.15, -0.1) is 11.3 Å². The van der Waals surface area contributed by atoms with E-state index in [9.17, 15) is 0 Å². The Morgan fingerprint density at radius 3 is 2.79 bits per heavy atom. The van der Waals surface area contributed by atoms with Crippen molar-refractivity contribution in [3.63, 3.8) is 0 Å². The number of thiophene rings is 1. The predicted molar refractivity (Wildman–Crippen MR) is 84.6 cm³/mol. The van der Waals surface area contributed by atoms with Crippen LogP contribution in [0.4, 0.5) is 0 Å². The van der Waals surface area contributed by atoms with E-state index in [-0.39, 0.29) is 6.04 Å². The van der Waals surface area contributed by atoms with Crippen molar-refractivity contribution in [3.8, 4) is 0 Å². The Hall–Kier alpha value is 0.0600. The number of piperidine rings is 1. The molecule has 1 fully saturated rings. The van der Waals surface area contributed by atoms with Crippen LogP contribution in [0.25, 0.3) is 0 Å². The molecule has 2 N–H and O–H groups in total. The number of methoxy groups -OCH3 is 1. The highest BCUT2D eigenvalue weighted by atomic mass is 79.9. The van der Waals surface area contributed by atoms with Gasteiger partial charge in [0.25, 0.3) is 0 Å². The molecule has 0 spiro atoms. The lowest BCUT2D eigenvalue weighted by atomic mass is 9.93. The van der Waals surface area contributed by atoms with Gasteiger partial charge in [0.15, 0.2) is 0 Å². The fourth-order valence-corrected chi connectivity index (χ4v) is 4.55. The first-order chi connectivity index (χ1) is 9.02. The normalized spacial score (nSPS) is 28.3. The summed E-state index contributed by atoms with van der Waals surface area (Å²) in [5, 5.41) is 0. The van der Waals surface area contributed by atoms with Crippen LogP contribution in [-0.2, 0) is 4.74 Å². The van der Waals surface area contributed by atoms with E-state index in [1.165, 1.54) is 15.1 Å². The third kappa shape index (κ3) is 3.58. The zero-order valence-electron chi connectivity index (χ0n) is 11.8. The molecule has 1 aliphatic rings. The summed E-state index contributed by atoms with van der Waals surface area (Å²) in [5.41, 5.74) is 6.24. The van der Waals surface area contributed by atoms with E-state index in [4.69, 9.17) is 10.5 Å². The van der Waals surface area contributed by atoms with E-state index in [0.29, 0.717) is 18.1 Å². The largest absolute Gasteiger partial charge is 0.380 e. The molecule has 0 radical (unpaired) electrons. The molecule has 2 heterocycles. The maximum Gasteiger partial charge on any atom is 0.0724 e. The van der Waals surface area contributed by atoms with Gasteiger partial charge in [0, 0.05) is 24.6 Å². The minimum atomic E-state index is 0.122. The first kappa shape index (κ1) is 15.4. The van der Waals surface area contributed by atoms with E-state index < -0.39 is 0 Å². The first-order valence-electron chi connectivity index (χ1n) is 6.80. The first-order valence-corrected chi connectivity index (χ1v) is 8.41. The summed E-state index contributed by atoms with van der Waals surface area (Å²) in [5.74, 6) is 0.630. The summed E-state index contributed by atoms with van der Waals surface area (Å²) >= 11 is 5.32. The van der Waals surface area contributed by atoms with Crippen LogP contribution in [-0.4, -0.2) is 37.2 Å². The zero-order chi connectivity index (χ0) is 14.0. The molecule has 1 aromatic heterocycles. The summed E-state index contributed by atoms with van der Waals surface area (Å²) < 4.78 is 6.78. The van der Waals surface area contributed by atoms with Crippen LogP contribution in [0.2, 0.25) is 0 Å². The Kier molecular flexibility index (Phi) is 5.43. The van der Waals surface area contributed by atoms with Crippen molar-refractivity contribution in [1.82, 2.24) is 4.90 Å². The second-order valence-electron chi connectivity index (χ2n) is 5.48. The van der Waals surface area contributed by atoms with E-state index >= 15 is 0 Å². The molecule has 108 valence electrons. The highest BCUT2D eigenvalue weighted by Crippen LogP contribution is 2.35. The number of ether oxygens (including phenoxy) is 1. The molecule has 0 amide bonds. The zero-order valence-corrected chi connectivity index (χ0v) is 14.2. The Balaban J connectivity index is 2.16. The topological polar surface area (TPSA) is 38.5 Å². The summed E-state index contributed by atoms with van der Waals surface area (Å²) in [6.07, 6.45) is 1.49. The number of nitrogens with zero attached hydrogens (tertiary/aromatic N) is 1. The minimum Gasteiger partial charge on any atom is -0.380 e. The van der Waals surface area contributed by atoms with Crippen LogP contribution in [0.3, 0.4) is 0 Å². The third-order valence-corrected chi connectivity index (χ3v) is 5.69. The van der Waals surface area contributed by atoms with Crippen molar-refractivity contribution >= 4 is 27.3 Å². The SMILES string of the molecule is COC1CN(C(c2ccc(Br)s2)C(C)N)CCC1C. The van der Waals surface area contributed by atoms with Gasteiger partial charge < -0.3 is 10.5 Å². The van der Waals surface area contributed by atoms with Crippen molar-refractivity contribution in [1.29, 1.82) is 0 Å². The predicted octanol–water partition coefficient (Wildman–Crippen LogP) is 3.26. The molecule has 3 nitrogen and oxygen atoms in total. The average molecular weight is 347 g/mol. The molecule has 2 rings (SSSR count). The Bertz CT molecular complexity index is 410. The number of nitrogens with two attached hydrogens (primary N) is 1. The third-order valence-electron chi connectivity index (χ3n) is 4.00.